The largest absolute Gasteiger partial charge is 0.514 e. The topological polar surface area (TPSA) is 129 Å². The summed E-state index contributed by atoms with van der Waals surface area (Å²) in [6.07, 6.45) is 6.72. The van der Waals surface area contributed by atoms with Crippen LogP contribution in [0.3, 0.4) is 0 Å². The first kappa shape index (κ1) is 29.4. The summed E-state index contributed by atoms with van der Waals surface area (Å²) in [5, 5.41) is 5.53. The molecule has 0 radical (unpaired) electrons. The van der Waals surface area contributed by atoms with Crippen LogP contribution >= 0.6 is 0 Å². The zero-order valence-corrected chi connectivity index (χ0v) is 21.8. The second-order valence-corrected chi connectivity index (χ2v) is 8.77. The van der Waals surface area contributed by atoms with Crippen LogP contribution in [0.15, 0.2) is 54.6 Å². The standard InChI is InChI=1S/C28H37N3O6/c1-20(2)8-6-4-5-7-9-26(32)30-18-22-12-15-24(25(16-22)35-3)37-28(34)36-19-21-10-13-23(14-11-21)31-27(33)17-29/h6,8,10-16,20H,4-5,7,9,17-19,29H2,1-3H3,(H,30,32)(H,31,33)/b8-6+. The maximum atomic E-state index is 12.2. The van der Waals surface area contributed by atoms with Gasteiger partial charge in [-0.1, -0.05) is 44.2 Å². The molecule has 2 rings (SSSR count). The van der Waals surface area contributed by atoms with Crippen molar-refractivity contribution in [2.45, 2.75) is 52.7 Å². The molecule has 0 spiro atoms. The Morgan fingerprint density at radius 1 is 0.973 bits per heavy atom. The molecule has 4 N–H and O–H groups in total. The fourth-order valence-electron chi connectivity index (χ4n) is 3.27. The lowest BCUT2D eigenvalue weighted by Gasteiger charge is -2.12. The smallest absolute Gasteiger partial charge is 0.493 e. The Morgan fingerprint density at radius 3 is 2.38 bits per heavy atom. The Hall–Kier alpha value is -3.85. The molecule has 2 amide bonds. The lowest BCUT2D eigenvalue weighted by atomic mass is 10.1. The Balaban J connectivity index is 1.77. The fraction of sp³-hybridized carbons (Fsp3) is 0.393. The number of allylic oxidation sites excluding steroid dienone is 2. The molecule has 2 aromatic rings. The minimum absolute atomic E-state index is 0.00879. The van der Waals surface area contributed by atoms with E-state index in [0.29, 0.717) is 35.9 Å². The summed E-state index contributed by atoms with van der Waals surface area (Å²) >= 11 is 0. The predicted octanol–water partition coefficient (Wildman–Crippen LogP) is 4.70. The summed E-state index contributed by atoms with van der Waals surface area (Å²) < 4.78 is 15.8. The molecular weight excluding hydrogens is 474 g/mol. The van der Waals surface area contributed by atoms with Crippen molar-refractivity contribution < 1.29 is 28.6 Å². The maximum Gasteiger partial charge on any atom is 0.514 e. The van der Waals surface area contributed by atoms with Crippen LogP contribution in [0.4, 0.5) is 10.5 Å². The summed E-state index contributed by atoms with van der Waals surface area (Å²) in [6, 6.07) is 11.8. The summed E-state index contributed by atoms with van der Waals surface area (Å²) in [5.41, 5.74) is 7.40. The number of amides is 2. The van der Waals surface area contributed by atoms with E-state index < -0.39 is 6.16 Å². The number of anilines is 1. The number of hydrogen-bond acceptors (Lipinski definition) is 7. The molecule has 37 heavy (non-hydrogen) atoms. The highest BCUT2D eigenvalue weighted by Gasteiger charge is 2.13. The Morgan fingerprint density at radius 2 is 1.70 bits per heavy atom. The van der Waals surface area contributed by atoms with Crippen molar-refractivity contribution in [1.82, 2.24) is 5.32 Å². The van der Waals surface area contributed by atoms with Gasteiger partial charge < -0.3 is 30.6 Å². The maximum absolute atomic E-state index is 12.2. The molecule has 0 aliphatic carbocycles. The van der Waals surface area contributed by atoms with Gasteiger partial charge in [0.15, 0.2) is 11.5 Å². The number of hydrogen-bond donors (Lipinski definition) is 3. The average Bonchev–Trinajstić information content (AvgIpc) is 2.89. The molecule has 0 aliphatic rings. The Kier molecular flexibility index (Phi) is 12.7. The molecule has 200 valence electrons. The van der Waals surface area contributed by atoms with Crippen molar-refractivity contribution in [3.63, 3.8) is 0 Å². The van der Waals surface area contributed by atoms with E-state index in [-0.39, 0.29) is 30.7 Å². The van der Waals surface area contributed by atoms with E-state index in [9.17, 15) is 14.4 Å². The normalized spacial score (nSPS) is 10.8. The van der Waals surface area contributed by atoms with Gasteiger partial charge in [-0.05, 0) is 60.6 Å². The first-order valence-corrected chi connectivity index (χ1v) is 12.3. The SMILES string of the molecule is COc1cc(CNC(=O)CCCC/C=C/C(C)C)ccc1OC(=O)OCc1ccc(NC(=O)CN)cc1. The van der Waals surface area contributed by atoms with Crippen molar-refractivity contribution in [3.8, 4) is 11.5 Å². The lowest BCUT2D eigenvalue weighted by molar-refractivity contribution is -0.121. The molecule has 0 atom stereocenters. The Bertz CT molecular complexity index is 1050. The minimum atomic E-state index is -0.886. The second-order valence-electron chi connectivity index (χ2n) is 8.77. The van der Waals surface area contributed by atoms with Gasteiger partial charge in [-0.3, -0.25) is 9.59 Å². The van der Waals surface area contributed by atoms with Crippen molar-refractivity contribution in [2.24, 2.45) is 11.7 Å². The van der Waals surface area contributed by atoms with Crippen molar-refractivity contribution in [1.29, 1.82) is 0 Å². The van der Waals surface area contributed by atoms with Crippen LogP contribution < -0.4 is 25.8 Å². The number of nitrogens with two attached hydrogens (primary N) is 1. The molecular formula is C28H37N3O6. The second kappa shape index (κ2) is 16.0. The molecule has 2 aromatic carbocycles. The van der Waals surface area contributed by atoms with Crippen LogP contribution in [0.2, 0.25) is 0 Å². The molecule has 0 saturated carbocycles. The Labute approximate surface area is 218 Å². The van der Waals surface area contributed by atoms with Crippen LogP contribution in [0.25, 0.3) is 0 Å². The highest BCUT2D eigenvalue weighted by Crippen LogP contribution is 2.28. The molecule has 0 bridgehead atoms. The lowest BCUT2D eigenvalue weighted by Crippen LogP contribution is -2.22. The number of benzene rings is 2. The van der Waals surface area contributed by atoms with Gasteiger partial charge in [-0.25, -0.2) is 4.79 Å². The number of nitrogens with one attached hydrogen (secondary N) is 2. The van der Waals surface area contributed by atoms with Gasteiger partial charge in [0.05, 0.1) is 13.7 Å². The van der Waals surface area contributed by atoms with E-state index in [0.717, 1.165) is 24.8 Å². The molecule has 9 heteroatoms. The number of carbonyl (C=O) groups is 3. The summed E-state index contributed by atoms with van der Waals surface area (Å²) in [6.45, 7) is 4.51. The number of rotatable bonds is 14. The molecule has 0 aliphatic heterocycles. The fourth-order valence-corrected chi connectivity index (χ4v) is 3.27. The van der Waals surface area contributed by atoms with Crippen LogP contribution in [0.5, 0.6) is 11.5 Å². The van der Waals surface area contributed by atoms with E-state index in [4.69, 9.17) is 19.9 Å². The van der Waals surface area contributed by atoms with Crippen LogP contribution in [0, 0.1) is 5.92 Å². The van der Waals surface area contributed by atoms with Crippen LogP contribution in [-0.2, 0) is 27.5 Å². The zero-order valence-electron chi connectivity index (χ0n) is 21.8. The van der Waals surface area contributed by atoms with E-state index >= 15 is 0 Å². The van der Waals surface area contributed by atoms with Gasteiger partial charge in [-0.2, -0.15) is 0 Å². The number of ether oxygens (including phenoxy) is 3. The van der Waals surface area contributed by atoms with Crippen LogP contribution in [0.1, 0.15) is 50.7 Å². The van der Waals surface area contributed by atoms with Crippen molar-refractivity contribution in [3.05, 3.63) is 65.7 Å². The first-order valence-electron chi connectivity index (χ1n) is 12.3. The van der Waals surface area contributed by atoms with E-state index in [2.05, 4.69) is 36.6 Å². The summed E-state index contributed by atoms with van der Waals surface area (Å²) in [7, 11) is 1.47. The predicted molar refractivity (Wildman–Crippen MR) is 142 cm³/mol. The number of methoxy groups -OCH3 is 1. The number of carbonyl (C=O) groups excluding carboxylic acids is 3. The van der Waals surface area contributed by atoms with Gasteiger partial charge >= 0.3 is 6.16 Å². The quantitative estimate of drug-likeness (QED) is 0.145. The molecule has 0 aromatic heterocycles. The third kappa shape index (κ3) is 11.6. The van der Waals surface area contributed by atoms with Crippen molar-refractivity contribution >= 4 is 23.7 Å². The third-order valence-electron chi connectivity index (χ3n) is 5.24. The van der Waals surface area contributed by atoms with Gasteiger partial charge in [0.2, 0.25) is 11.8 Å². The summed E-state index contributed by atoms with van der Waals surface area (Å²) in [5.74, 6) is 0.795. The average molecular weight is 512 g/mol. The molecule has 0 saturated heterocycles. The highest BCUT2D eigenvalue weighted by molar-refractivity contribution is 5.92. The van der Waals surface area contributed by atoms with Gasteiger partial charge in [0.25, 0.3) is 0 Å². The van der Waals surface area contributed by atoms with Gasteiger partial charge in [0.1, 0.15) is 6.61 Å². The van der Waals surface area contributed by atoms with Gasteiger partial charge in [-0.15, -0.1) is 0 Å². The van der Waals surface area contributed by atoms with E-state index in [1.54, 1.807) is 42.5 Å². The molecule has 0 unspecified atom stereocenters. The zero-order chi connectivity index (χ0) is 27.0. The van der Waals surface area contributed by atoms with Gasteiger partial charge in [0, 0.05) is 18.7 Å². The number of unbranched alkanes of at least 4 members (excludes halogenated alkanes) is 2. The highest BCUT2D eigenvalue weighted by atomic mass is 16.7. The monoisotopic (exact) mass is 511 g/mol. The molecule has 0 heterocycles. The molecule has 0 fully saturated rings. The van der Waals surface area contributed by atoms with E-state index in [1.165, 1.54) is 7.11 Å². The van der Waals surface area contributed by atoms with Crippen molar-refractivity contribution in [2.75, 3.05) is 19.0 Å². The summed E-state index contributed by atoms with van der Waals surface area (Å²) in [4.78, 5) is 35.6. The first-order chi connectivity index (χ1) is 17.8. The minimum Gasteiger partial charge on any atom is -0.493 e. The molecule has 9 nitrogen and oxygen atoms in total. The van der Waals surface area contributed by atoms with Crippen LogP contribution in [-0.4, -0.2) is 31.6 Å². The third-order valence-corrected chi connectivity index (χ3v) is 5.24. The van der Waals surface area contributed by atoms with E-state index in [1.807, 2.05) is 0 Å².